The second-order valence-corrected chi connectivity index (χ2v) is 5.29. The molecule has 0 radical (unpaired) electrons. The molecular weight excluding hydrogens is 288 g/mol. The van der Waals surface area contributed by atoms with Crippen LogP contribution >= 0.6 is 11.6 Å². The van der Waals surface area contributed by atoms with Crippen LogP contribution in [-0.4, -0.2) is 18.5 Å². The van der Waals surface area contributed by atoms with Crippen molar-refractivity contribution in [2.45, 2.75) is 6.92 Å². The van der Waals surface area contributed by atoms with E-state index in [1.807, 2.05) is 31.2 Å². The first-order valence-corrected chi connectivity index (χ1v) is 6.91. The van der Waals surface area contributed by atoms with Gasteiger partial charge in [0, 0.05) is 5.69 Å². The molecule has 2 aromatic carbocycles. The average molecular weight is 301 g/mol. The van der Waals surface area contributed by atoms with Gasteiger partial charge < -0.3 is 0 Å². The van der Waals surface area contributed by atoms with Gasteiger partial charge in [-0.05, 0) is 31.2 Å². The number of rotatable bonds is 2. The van der Waals surface area contributed by atoms with Crippen LogP contribution in [0.1, 0.15) is 5.56 Å². The Bertz CT molecular complexity index is 712. The molecule has 2 aromatic rings. The van der Waals surface area contributed by atoms with Crippen LogP contribution < -0.4 is 9.80 Å². The predicted octanol–water partition coefficient (Wildman–Crippen LogP) is 3.62. The summed E-state index contributed by atoms with van der Waals surface area (Å²) in [6.07, 6.45) is 0. The fraction of sp³-hybridized carbons (Fsp3) is 0.125. The lowest BCUT2D eigenvalue weighted by Gasteiger charge is -2.18. The van der Waals surface area contributed by atoms with Crippen molar-refractivity contribution >= 4 is 34.9 Å². The highest BCUT2D eigenvalue weighted by atomic mass is 35.5. The molecule has 0 unspecified atom stereocenters. The van der Waals surface area contributed by atoms with Crippen molar-refractivity contribution in [3.05, 3.63) is 59.1 Å². The van der Waals surface area contributed by atoms with E-state index in [4.69, 9.17) is 11.6 Å². The van der Waals surface area contributed by atoms with Crippen molar-refractivity contribution in [3.8, 4) is 0 Å². The van der Waals surface area contributed by atoms with Gasteiger partial charge in [0.15, 0.2) is 0 Å². The minimum Gasteiger partial charge on any atom is -0.284 e. The SMILES string of the molecule is Cc1ccc(N2CC(=O)N(c3ccccc3Cl)C2=O)cc1. The first-order chi connectivity index (χ1) is 10.1. The molecule has 0 spiro atoms. The van der Waals surface area contributed by atoms with Crippen LogP contribution in [0, 0.1) is 6.92 Å². The number of anilines is 2. The molecule has 0 N–H and O–H groups in total. The number of para-hydroxylation sites is 1. The molecule has 3 rings (SSSR count). The van der Waals surface area contributed by atoms with Crippen LogP contribution in [0.3, 0.4) is 0 Å². The maximum atomic E-state index is 12.5. The van der Waals surface area contributed by atoms with Gasteiger partial charge in [0.05, 0.1) is 10.7 Å². The zero-order valence-electron chi connectivity index (χ0n) is 11.4. The fourth-order valence-electron chi connectivity index (χ4n) is 2.30. The van der Waals surface area contributed by atoms with Gasteiger partial charge in [0.1, 0.15) is 6.54 Å². The van der Waals surface area contributed by atoms with Gasteiger partial charge in [-0.15, -0.1) is 0 Å². The summed E-state index contributed by atoms with van der Waals surface area (Å²) in [6, 6.07) is 13.9. The van der Waals surface area contributed by atoms with E-state index < -0.39 is 0 Å². The molecule has 3 amide bonds. The van der Waals surface area contributed by atoms with Crippen LogP contribution in [0.2, 0.25) is 5.02 Å². The van der Waals surface area contributed by atoms with Crippen molar-refractivity contribution in [2.75, 3.05) is 16.3 Å². The first-order valence-electron chi connectivity index (χ1n) is 6.53. The van der Waals surface area contributed by atoms with Crippen molar-refractivity contribution in [3.63, 3.8) is 0 Å². The monoisotopic (exact) mass is 300 g/mol. The molecule has 106 valence electrons. The molecule has 1 saturated heterocycles. The summed E-state index contributed by atoms with van der Waals surface area (Å²) in [7, 11) is 0. The number of benzene rings is 2. The van der Waals surface area contributed by atoms with E-state index in [2.05, 4.69) is 0 Å². The number of carbonyl (C=O) groups excluding carboxylic acids is 2. The molecule has 1 aliphatic heterocycles. The van der Waals surface area contributed by atoms with E-state index in [0.29, 0.717) is 16.4 Å². The topological polar surface area (TPSA) is 40.6 Å². The molecule has 0 atom stereocenters. The largest absolute Gasteiger partial charge is 0.336 e. The predicted molar refractivity (Wildman–Crippen MR) is 82.9 cm³/mol. The zero-order valence-corrected chi connectivity index (χ0v) is 12.2. The minimum absolute atomic E-state index is 0.0209. The second-order valence-electron chi connectivity index (χ2n) is 4.88. The Balaban J connectivity index is 1.96. The number of aryl methyl sites for hydroxylation is 1. The average Bonchev–Trinajstić information content (AvgIpc) is 2.76. The Hall–Kier alpha value is -2.33. The Morgan fingerprint density at radius 3 is 2.33 bits per heavy atom. The smallest absolute Gasteiger partial charge is 0.284 e. The number of nitrogens with zero attached hydrogens (tertiary/aromatic N) is 2. The summed E-state index contributed by atoms with van der Waals surface area (Å²) in [5.41, 5.74) is 2.22. The molecule has 0 aromatic heterocycles. The van der Waals surface area contributed by atoms with E-state index in [1.54, 1.807) is 24.3 Å². The maximum Gasteiger partial charge on any atom is 0.336 e. The van der Waals surface area contributed by atoms with Gasteiger partial charge in [0.2, 0.25) is 0 Å². The molecule has 4 nitrogen and oxygen atoms in total. The molecule has 1 fully saturated rings. The number of halogens is 1. The lowest BCUT2D eigenvalue weighted by Crippen LogP contribution is -2.33. The van der Waals surface area contributed by atoms with E-state index in [9.17, 15) is 9.59 Å². The lowest BCUT2D eigenvalue weighted by atomic mass is 10.2. The van der Waals surface area contributed by atoms with Crippen LogP contribution in [0.5, 0.6) is 0 Å². The van der Waals surface area contributed by atoms with Crippen LogP contribution in [-0.2, 0) is 4.79 Å². The van der Waals surface area contributed by atoms with Crippen molar-refractivity contribution in [1.29, 1.82) is 0 Å². The molecule has 0 bridgehead atoms. The molecule has 0 aliphatic carbocycles. The van der Waals surface area contributed by atoms with Crippen molar-refractivity contribution in [2.24, 2.45) is 0 Å². The quantitative estimate of drug-likeness (QED) is 0.795. The summed E-state index contributed by atoms with van der Waals surface area (Å²) >= 11 is 6.08. The normalized spacial score (nSPS) is 15.0. The maximum absolute atomic E-state index is 12.5. The number of urea groups is 1. The van der Waals surface area contributed by atoms with Gasteiger partial charge in [-0.1, -0.05) is 41.4 Å². The highest BCUT2D eigenvalue weighted by Gasteiger charge is 2.38. The third-order valence-corrected chi connectivity index (χ3v) is 3.72. The van der Waals surface area contributed by atoms with E-state index in [1.165, 1.54) is 4.90 Å². The molecule has 1 heterocycles. The summed E-state index contributed by atoms with van der Waals surface area (Å²) in [5.74, 6) is -0.284. The molecular formula is C16H13ClN2O2. The Kier molecular flexibility index (Phi) is 3.39. The van der Waals surface area contributed by atoms with Crippen molar-refractivity contribution in [1.82, 2.24) is 0 Å². The van der Waals surface area contributed by atoms with Gasteiger partial charge in [-0.2, -0.15) is 0 Å². The number of hydrogen-bond donors (Lipinski definition) is 0. The third-order valence-electron chi connectivity index (χ3n) is 3.40. The van der Waals surface area contributed by atoms with Crippen LogP contribution in [0.25, 0.3) is 0 Å². The molecule has 1 aliphatic rings. The number of hydrogen-bond acceptors (Lipinski definition) is 2. The van der Waals surface area contributed by atoms with Crippen LogP contribution in [0.15, 0.2) is 48.5 Å². The Labute approximate surface area is 127 Å². The van der Waals surface area contributed by atoms with E-state index in [0.717, 1.165) is 10.5 Å². The minimum atomic E-state index is -0.378. The first kappa shape index (κ1) is 13.6. The highest BCUT2D eigenvalue weighted by Crippen LogP contribution is 2.31. The summed E-state index contributed by atoms with van der Waals surface area (Å²) in [5, 5.41) is 0.380. The standard InChI is InChI=1S/C16H13ClN2O2/c1-11-6-8-12(9-7-11)18-10-15(20)19(16(18)21)14-5-3-2-4-13(14)17/h2-9H,10H2,1H3. The summed E-state index contributed by atoms with van der Waals surface area (Å²) < 4.78 is 0. The van der Waals surface area contributed by atoms with Crippen molar-refractivity contribution < 1.29 is 9.59 Å². The Morgan fingerprint density at radius 1 is 1.00 bits per heavy atom. The van der Waals surface area contributed by atoms with Gasteiger partial charge in [0.25, 0.3) is 5.91 Å². The second kappa shape index (κ2) is 5.22. The number of carbonyl (C=O) groups is 2. The lowest BCUT2D eigenvalue weighted by molar-refractivity contribution is -0.115. The summed E-state index contributed by atoms with van der Waals surface area (Å²) in [4.78, 5) is 27.3. The molecule has 5 heteroatoms. The zero-order chi connectivity index (χ0) is 15.0. The number of amides is 3. The van der Waals surface area contributed by atoms with Gasteiger partial charge in [-0.25, -0.2) is 9.69 Å². The summed E-state index contributed by atoms with van der Waals surface area (Å²) in [6.45, 7) is 1.99. The molecule has 21 heavy (non-hydrogen) atoms. The van der Waals surface area contributed by atoms with Gasteiger partial charge in [-0.3, -0.25) is 9.69 Å². The van der Waals surface area contributed by atoms with E-state index in [-0.39, 0.29) is 18.5 Å². The Morgan fingerprint density at radius 2 is 1.67 bits per heavy atom. The highest BCUT2D eigenvalue weighted by molar-refractivity contribution is 6.37. The fourth-order valence-corrected chi connectivity index (χ4v) is 2.52. The van der Waals surface area contributed by atoms with Gasteiger partial charge >= 0.3 is 6.03 Å². The van der Waals surface area contributed by atoms with E-state index >= 15 is 0 Å². The third kappa shape index (κ3) is 2.38. The number of imide groups is 1. The van der Waals surface area contributed by atoms with Crippen LogP contribution in [0.4, 0.5) is 16.2 Å². The molecule has 0 saturated carbocycles.